The Bertz CT molecular complexity index is 279. The van der Waals surface area contributed by atoms with Gasteiger partial charge in [0, 0.05) is 26.2 Å². The minimum Gasteiger partial charge on any atom is -0.481 e. The van der Waals surface area contributed by atoms with Crippen molar-refractivity contribution in [3.8, 4) is 0 Å². The summed E-state index contributed by atoms with van der Waals surface area (Å²) >= 11 is 0. The predicted molar refractivity (Wildman–Crippen MR) is 66.9 cm³/mol. The van der Waals surface area contributed by atoms with Gasteiger partial charge in [0.25, 0.3) is 0 Å². The Morgan fingerprint density at radius 2 is 1.71 bits per heavy atom. The molecule has 0 rings (SSSR count). The van der Waals surface area contributed by atoms with E-state index in [0.717, 1.165) is 0 Å². The van der Waals surface area contributed by atoms with E-state index in [1.165, 1.54) is 4.90 Å². The van der Waals surface area contributed by atoms with Crippen LogP contribution in [0.5, 0.6) is 0 Å². The molecule has 0 aliphatic heterocycles. The SMILES string of the molecule is C=CCN(CC=C)C(=O)N(CC)CCC(=O)O. The number of hydrogen-bond donors (Lipinski definition) is 1. The maximum absolute atomic E-state index is 12.0. The molecular weight excluding hydrogens is 220 g/mol. The molecule has 0 unspecified atom stereocenters. The zero-order valence-corrected chi connectivity index (χ0v) is 10.3. The lowest BCUT2D eigenvalue weighted by atomic mass is 10.3. The van der Waals surface area contributed by atoms with Crippen LogP contribution in [0.2, 0.25) is 0 Å². The lowest BCUT2D eigenvalue weighted by Gasteiger charge is -2.28. The number of carboxylic acid groups (broad SMARTS) is 1. The van der Waals surface area contributed by atoms with Gasteiger partial charge in [-0.1, -0.05) is 12.2 Å². The molecule has 0 aliphatic carbocycles. The second-order valence-corrected chi connectivity index (χ2v) is 3.49. The third-order valence-corrected chi connectivity index (χ3v) is 2.22. The summed E-state index contributed by atoms with van der Waals surface area (Å²) in [5.41, 5.74) is 0. The van der Waals surface area contributed by atoms with Crippen LogP contribution < -0.4 is 0 Å². The minimum atomic E-state index is -0.907. The van der Waals surface area contributed by atoms with Crippen LogP contribution in [0.3, 0.4) is 0 Å². The maximum atomic E-state index is 12.0. The van der Waals surface area contributed by atoms with Crippen molar-refractivity contribution in [3.63, 3.8) is 0 Å². The Labute approximate surface area is 102 Å². The number of aliphatic carboxylic acids is 1. The second kappa shape index (κ2) is 8.38. The van der Waals surface area contributed by atoms with E-state index in [4.69, 9.17) is 5.11 Å². The molecule has 0 saturated heterocycles. The van der Waals surface area contributed by atoms with Crippen LogP contribution >= 0.6 is 0 Å². The summed E-state index contributed by atoms with van der Waals surface area (Å²) in [6.07, 6.45) is 3.22. The molecule has 0 spiro atoms. The van der Waals surface area contributed by atoms with E-state index in [2.05, 4.69) is 13.2 Å². The molecule has 0 radical (unpaired) electrons. The Kier molecular flexibility index (Phi) is 7.50. The first-order valence-electron chi connectivity index (χ1n) is 5.54. The Hall–Kier alpha value is -1.78. The van der Waals surface area contributed by atoms with Crippen molar-refractivity contribution in [2.24, 2.45) is 0 Å². The van der Waals surface area contributed by atoms with Gasteiger partial charge in [0.05, 0.1) is 6.42 Å². The lowest BCUT2D eigenvalue weighted by Crippen LogP contribution is -2.44. The molecule has 1 N–H and O–H groups in total. The number of rotatable bonds is 8. The van der Waals surface area contributed by atoms with Crippen molar-refractivity contribution in [2.45, 2.75) is 13.3 Å². The summed E-state index contributed by atoms with van der Waals surface area (Å²) in [6.45, 7) is 10.5. The number of amides is 2. The highest BCUT2D eigenvalue weighted by Gasteiger charge is 2.18. The summed E-state index contributed by atoms with van der Waals surface area (Å²) in [4.78, 5) is 25.6. The van der Waals surface area contributed by atoms with E-state index in [-0.39, 0.29) is 19.0 Å². The molecule has 0 aromatic carbocycles. The van der Waals surface area contributed by atoms with E-state index in [9.17, 15) is 9.59 Å². The van der Waals surface area contributed by atoms with Gasteiger partial charge in [-0.05, 0) is 6.92 Å². The Balaban J connectivity index is 4.50. The van der Waals surface area contributed by atoms with Gasteiger partial charge in [0.2, 0.25) is 0 Å². The Morgan fingerprint density at radius 1 is 1.18 bits per heavy atom. The van der Waals surface area contributed by atoms with Crippen molar-refractivity contribution in [3.05, 3.63) is 25.3 Å². The first kappa shape index (κ1) is 15.2. The number of carboxylic acids is 1. The zero-order valence-electron chi connectivity index (χ0n) is 10.3. The maximum Gasteiger partial charge on any atom is 0.320 e. The van der Waals surface area contributed by atoms with Gasteiger partial charge >= 0.3 is 12.0 Å². The van der Waals surface area contributed by atoms with E-state index >= 15 is 0 Å². The average molecular weight is 240 g/mol. The van der Waals surface area contributed by atoms with Crippen LogP contribution in [-0.2, 0) is 4.79 Å². The molecule has 0 saturated carbocycles. The van der Waals surface area contributed by atoms with Gasteiger partial charge in [0.15, 0.2) is 0 Å². The number of carbonyl (C=O) groups is 2. The molecule has 96 valence electrons. The third kappa shape index (κ3) is 5.75. The number of hydrogen-bond acceptors (Lipinski definition) is 2. The first-order chi connectivity index (χ1) is 8.06. The van der Waals surface area contributed by atoms with Gasteiger partial charge in [-0.15, -0.1) is 13.2 Å². The summed E-state index contributed by atoms with van der Waals surface area (Å²) < 4.78 is 0. The zero-order chi connectivity index (χ0) is 13.3. The molecule has 5 heteroatoms. The normalized spacial score (nSPS) is 9.47. The molecular formula is C12H20N2O3. The molecule has 0 heterocycles. The van der Waals surface area contributed by atoms with Gasteiger partial charge in [-0.25, -0.2) is 4.79 Å². The standard InChI is InChI=1S/C12H20N2O3/c1-4-8-14(9-5-2)12(17)13(6-3)10-7-11(15)16/h4-5H,1-2,6-10H2,3H3,(H,15,16). The molecule has 0 bridgehead atoms. The van der Waals surface area contributed by atoms with Crippen LogP contribution in [0, 0.1) is 0 Å². The summed E-state index contributed by atoms with van der Waals surface area (Å²) in [6, 6.07) is -0.187. The van der Waals surface area contributed by atoms with E-state index in [1.54, 1.807) is 17.1 Å². The molecule has 0 atom stereocenters. The van der Waals surface area contributed by atoms with Crippen LogP contribution in [0.4, 0.5) is 4.79 Å². The molecule has 2 amide bonds. The van der Waals surface area contributed by atoms with Crippen molar-refractivity contribution >= 4 is 12.0 Å². The second-order valence-electron chi connectivity index (χ2n) is 3.49. The summed E-state index contributed by atoms with van der Waals surface area (Å²) in [5, 5.41) is 8.60. The smallest absolute Gasteiger partial charge is 0.320 e. The topological polar surface area (TPSA) is 60.9 Å². The van der Waals surface area contributed by atoms with E-state index in [0.29, 0.717) is 19.6 Å². The van der Waals surface area contributed by atoms with E-state index < -0.39 is 5.97 Å². The molecule has 0 aromatic heterocycles. The van der Waals surface area contributed by atoms with Crippen molar-refractivity contribution in [2.75, 3.05) is 26.2 Å². The highest BCUT2D eigenvalue weighted by molar-refractivity contribution is 5.75. The molecule has 0 fully saturated rings. The summed E-state index contributed by atoms with van der Waals surface area (Å²) in [7, 11) is 0. The van der Waals surface area contributed by atoms with Gasteiger partial charge in [-0.2, -0.15) is 0 Å². The fraction of sp³-hybridized carbons (Fsp3) is 0.500. The van der Waals surface area contributed by atoms with Crippen LogP contribution in [0.1, 0.15) is 13.3 Å². The van der Waals surface area contributed by atoms with Crippen molar-refractivity contribution in [1.29, 1.82) is 0 Å². The molecule has 0 aliphatic rings. The number of nitrogens with zero attached hydrogens (tertiary/aromatic N) is 2. The fourth-order valence-electron chi connectivity index (χ4n) is 1.36. The highest BCUT2D eigenvalue weighted by Crippen LogP contribution is 2.01. The van der Waals surface area contributed by atoms with Crippen LogP contribution in [0.25, 0.3) is 0 Å². The molecule has 0 aromatic rings. The van der Waals surface area contributed by atoms with E-state index in [1.807, 2.05) is 6.92 Å². The average Bonchev–Trinajstić information content (AvgIpc) is 2.29. The first-order valence-corrected chi connectivity index (χ1v) is 5.54. The Morgan fingerprint density at radius 3 is 2.06 bits per heavy atom. The highest BCUT2D eigenvalue weighted by atomic mass is 16.4. The quantitative estimate of drug-likeness (QED) is 0.655. The lowest BCUT2D eigenvalue weighted by molar-refractivity contribution is -0.137. The molecule has 5 nitrogen and oxygen atoms in total. The monoisotopic (exact) mass is 240 g/mol. The summed E-state index contributed by atoms with van der Waals surface area (Å²) in [5.74, 6) is -0.907. The fourth-order valence-corrected chi connectivity index (χ4v) is 1.36. The number of urea groups is 1. The van der Waals surface area contributed by atoms with Crippen LogP contribution in [0.15, 0.2) is 25.3 Å². The molecule has 17 heavy (non-hydrogen) atoms. The minimum absolute atomic E-state index is 0.0460. The van der Waals surface area contributed by atoms with Gasteiger partial charge < -0.3 is 14.9 Å². The predicted octanol–water partition coefficient (Wildman–Crippen LogP) is 1.58. The van der Waals surface area contributed by atoms with Crippen molar-refractivity contribution in [1.82, 2.24) is 9.80 Å². The van der Waals surface area contributed by atoms with Gasteiger partial charge in [-0.3, -0.25) is 4.79 Å². The largest absolute Gasteiger partial charge is 0.481 e. The third-order valence-electron chi connectivity index (χ3n) is 2.22. The van der Waals surface area contributed by atoms with Crippen molar-refractivity contribution < 1.29 is 14.7 Å². The number of carbonyl (C=O) groups excluding carboxylic acids is 1. The van der Waals surface area contributed by atoms with Crippen LogP contribution in [-0.4, -0.2) is 53.1 Å². The van der Waals surface area contributed by atoms with Gasteiger partial charge in [0.1, 0.15) is 0 Å².